The Balaban J connectivity index is 1.80. The summed E-state index contributed by atoms with van der Waals surface area (Å²) in [5, 5.41) is 11.8. The summed E-state index contributed by atoms with van der Waals surface area (Å²) in [6.45, 7) is 0. The molecule has 1 aliphatic heterocycles. The van der Waals surface area contributed by atoms with Crippen molar-refractivity contribution in [3.63, 3.8) is 0 Å². The second kappa shape index (κ2) is 4.15. The first-order chi connectivity index (χ1) is 10.2. The summed E-state index contributed by atoms with van der Waals surface area (Å²) in [7, 11) is 0. The zero-order valence-electron chi connectivity index (χ0n) is 11.2. The van der Waals surface area contributed by atoms with Crippen molar-refractivity contribution >= 4 is 11.8 Å². The molecule has 0 N–H and O–H groups in total. The van der Waals surface area contributed by atoms with Crippen LogP contribution in [0.15, 0.2) is 42.6 Å². The number of rotatable bonds is 1. The Morgan fingerprint density at radius 1 is 1.05 bits per heavy atom. The van der Waals surface area contributed by atoms with Crippen molar-refractivity contribution in [1.82, 2.24) is 4.90 Å². The van der Waals surface area contributed by atoms with E-state index in [0.717, 1.165) is 10.3 Å². The fourth-order valence-corrected chi connectivity index (χ4v) is 3.28. The van der Waals surface area contributed by atoms with Crippen molar-refractivity contribution in [2.45, 2.75) is 18.9 Å². The van der Waals surface area contributed by atoms with Gasteiger partial charge in [-0.1, -0.05) is 12.1 Å². The minimum atomic E-state index is -0.339. The molecule has 5 heteroatoms. The molecule has 2 aliphatic rings. The summed E-state index contributed by atoms with van der Waals surface area (Å²) >= 11 is 0. The fourth-order valence-electron chi connectivity index (χ4n) is 3.28. The van der Waals surface area contributed by atoms with Crippen LogP contribution >= 0.6 is 0 Å². The first-order valence-electron chi connectivity index (χ1n) is 6.86. The minimum Gasteiger partial charge on any atom is -0.618 e. The highest BCUT2D eigenvalue weighted by molar-refractivity contribution is 6.21. The highest BCUT2D eigenvalue weighted by Crippen LogP contribution is 2.38. The second-order valence-corrected chi connectivity index (χ2v) is 5.32. The van der Waals surface area contributed by atoms with Crippen LogP contribution in [0.3, 0.4) is 0 Å². The molecule has 1 aromatic carbocycles. The van der Waals surface area contributed by atoms with E-state index in [1.54, 1.807) is 30.3 Å². The van der Waals surface area contributed by atoms with E-state index >= 15 is 0 Å². The quantitative estimate of drug-likeness (QED) is 0.453. The Morgan fingerprint density at radius 2 is 1.71 bits per heavy atom. The maximum absolute atomic E-state index is 12.5. The van der Waals surface area contributed by atoms with Crippen molar-refractivity contribution < 1.29 is 14.3 Å². The maximum atomic E-state index is 12.5. The Labute approximate surface area is 121 Å². The van der Waals surface area contributed by atoms with Crippen LogP contribution in [0.25, 0.3) is 0 Å². The number of carbonyl (C=O) groups excluding carboxylic acids is 2. The van der Waals surface area contributed by atoms with Gasteiger partial charge in [-0.05, 0) is 24.6 Å². The molecule has 5 nitrogen and oxygen atoms in total. The largest absolute Gasteiger partial charge is 0.618 e. The first-order valence-corrected chi connectivity index (χ1v) is 6.86. The fraction of sp³-hybridized carbons (Fsp3) is 0.188. The number of pyridine rings is 1. The second-order valence-electron chi connectivity index (χ2n) is 5.32. The lowest BCUT2D eigenvalue weighted by atomic mass is 10.1. The van der Waals surface area contributed by atoms with Crippen molar-refractivity contribution in [2.75, 3.05) is 0 Å². The van der Waals surface area contributed by atoms with Gasteiger partial charge in [-0.15, -0.1) is 0 Å². The van der Waals surface area contributed by atoms with E-state index in [1.165, 1.54) is 11.1 Å². The normalized spacial score (nSPS) is 19.8. The zero-order chi connectivity index (χ0) is 14.6. The summed E-state index contributed by atoms with van der Waals surface area (Å²) in [6, 6.07) is 9.99. The van der Waals surface area contributed by atoms with Crippen molar-refractivity contribution in [3.05, 3.63) is 70.2 Å². The van der Waals surface area contributed by atoms with Crippen LogP contribution in [-0.2, 0) is 6.42 Å². The Hall–Kier alpha value is -2.69. The third-order valence-corrected chi connectivity index (χ3v) is 4.25. The summed E-state index contributed by atoms with van der Waals surface area (Å²) in [5.74, 6) is -0.537. The zero-order valence-corrected chi connectivity index (χ0v) is 11.2. The maximum Gasteiger partial charge on any atom is 0.262 e. The molecule has 104 valence electrons. The monoisotopic (exact) mass is 280 g/mol. The van der Waals surface area contributed by atoms with Crippen LogP contribution in [0.1, 0.15) is 44.4 Å². The van der Waals surface area contributed by atoms with Crippen LogP contribution in [0.4, 0.5) is 0 Å². The van der Waals surface area contributed by atoms with Gasteiger partial charge in [0.25, 0.3) is 11.8 Å². The van der Waals surface area contributed by atoms with Gasteiger partial charge in [0.05, 0.1) is 17.2 Å². The molecule has 2 aromatic rings. The number of hydrogen-bond donors (Lipinski definition) is 0. The molecule has 2 heterocycles. The van der Waals surface area contributed by atoms with Crippen LogP contribution in [-0.4, -0.2) is 16.7 Å². The van der Waals surface area contributed by atoms with Gasteiger partial charge in [0.15, 0.2) is 11.9 Å². The molecule has 1 atom stereocenters. The van der Waals surface area contributed by atoms with E-state index in [9.17, 15) is 14.8 Å². The van der Waals surface area contributed by atoms with E-state index in [2.05, 4.69) is 0 Å². The number of imide groups is 1. The van der Waals surface area contributed by atoms with Gasteiger partial charge >= 0.3 is 0 Å². The number of nitrogens with zero attached hydrogens (tertiary/aromatic N) is 2. The Morgan fingerprint density at radius 3 is 2.38 bits per heavy atom. The van der Waals surface area contributed by atoms with E-state index in [4.69, 9.17) is 0 Å². The molecule has 0 saturated heterocycles. The number of amides is 2. The minimum absolute atomic E-state index is 0.269. The van der Waals surface area contributed by atoms with Gasteiger partial charge in [-0.3, -0.25) is 14.5 Å². The van der Waals surface area contributed by atoms with E-state index in [1.807, 2.05) is 6.07 Å². The van der Waals surface area contributed by atoms with Gasteiger partial charge in [0.1, 0.15) is 0 Å². The average molecular weight is 280 g/mol. The van der Waals surface area contributed by atoms with Gasteiger partial charge < -0.3 is 5.21 Å². The van der Waals surface area contributed by atoms with Crippen LogP contribution < -0.4 is 4.73 Å². The molecule has 21 heavy (non-hydrogen) atoms. The van der Waals surface area contributed by atoms with E-state index < -0.39 is 0 Å². The summed E-state index contributed by atoms with van der Waals surface area (Å²) in [6.07, 6.45) is 2.63. The van der Waals surface area contributed by atoms with Crippen LogP contribution in [0, 0.1) is 5.21 Å². The highest BCUT2D eigenvalue weighted by Gasteiger charge is 2.44. The van der Waals surface area contributed by atoms with E-state index in [0.29, 0.717) is 29.7 Å². The molecule has 0 unspecified atom stereocenters. The average Bonchev–Trinajstić information content (AvgIpc) is 3.02. The van der Waals surface area contributed by atoms with E-state index in [-0.39, 0.29) is 17.9 Å². The lowest BCUT2D eigenvalue weighted by Gasteiger charge is -2.22. The smallest absolute Gasteiger partial charge is 0.262 e. The Bertz CT molecular complexity index is 750. The van der Waals surface area contributed by atoms with Gasteiger partial charge in [0.2, 0.25) is 0 Å². The topological polar surface area (TPSA) is 64.3 Å². The lowest BCUT2D eigenvalue weighted by Crippen LogP contribution is -2.34. The van der Waals surface area contributed by atoms with Gasteiger partial charge in [-0.2, -0.15) is 4.73 Å². The summed E-state index contributed by atoms with van der Waals surface area (Å²) < 4.78 is 0.827. The van der Waals surface area contributed by atoms with Crippen molar-refractivity contribution in [2.24, 2.45) is 0 Å². The van der Waals surface area contributed by atoms with Gasteiger partial charge in [0, 0.05) is 18.1 Å². The number of hydrogen-bond acceptors (Lipinski definition) is 3. The van der Waals surface area contributed by atoms with Crippen LogP contribution in [0.2, 0.25) is 0 Å². The summed E-state index contributed by atoms with van der Waals surface area (Å²) in [5.41, 5.74) is 2.32. The SMILES string of the molecule is O=C1c2ccccc2C(=O)N1[C@@H]1CCc2c1ccc[n+]2[O-]. The van der Waals surface area contributed by atoms with Crippen molar-refractivity contribution in [3.8, 4) is 0 Å². The number of carbonyl (C=O) groups is 2. The molecule has 1 aromatic heterocycles. The van der Waals surface area contributed by atoms with Crippen molar-refractivity contribution in [1.29, 1.82) is 0 Å². The summed E-state index contributed by atoms with van der Waals surface area (Å²) in [4.78, 5) is 26.3. The van der Waals surface area contributed by atoms with Gasteiger partial charge in [-0.25, -0.2) is 0 Å². The molecule has 0 bridgehead atoms. The Kier molecular flexibility index (Phi) is 2.39. The molecular weight excluding hydrogens is 268 g/mol. The molecule has 0 saturated carbocycles. The third-order valence-electron chi connectivity index (χ3n) is 4.25. The molecule has 2 amide bonds. The predicted molar refractivity (Wildman–Crippen MR) is 73.4 cm³/mol. The highest BCUT2D eigenvalue weighted by atomic mass is 16.5. The number of fused-ring (bicyclic) bond motifs is 2. The standard InChI is InChI=1S/C16H12N2O3/c19-15-10-4-1-2-5-11(10)16(20)18(15)14-8-7-13-12(14)6-3-9-17(13)21/h1-6,9,14H,7-8H2/t14-/m1/s1. The molecular formula is C16H12N2O3. The predicted octanol–water partition coefficient (Wildman–Crippen LogP) is 1.60. The third kappa shape index (κ3) is 1.54. The molecule has 0 fully saturated rings. The number of aromatic nitrogens is 1. The van der Waals surface area contributed by atoms with Crippen LogP contribution in [0.5, 0.6) is 0 Å². The molecule has 1 aliphatic carbocycles. The number of benzene rings is 1. The molecule has 4 rings (SSSR count). The molecule has 0 radical (unpaired) electrons. The first kappa shape index (κ1) is 12.1. The molecule has 0 spiro atoms. The lowest BCUT2D eigenvalue weighted by molar-refractivity contribution is -0.613.